The first-order chi connectivity index (χ1) is 12.1. The zero-order valence-corrected chi connectivity index (χ0v) is 13.3. The number of carbonyl (C=O) groups excluding carboxylic acids is 2. The Morgan fingerprint density at radius 2 is 1.84 bits per heavy atom. The van der Waals surface area contributed by atoms with E-state index < -0.39 is 23.6 Å². The van der Waals surface area contributed by atoms with Crippen LogP contribution >= 0.6 is 0 Å². The number of amides is 2. The Bertz CT molecular complexity index is 849. The third-order valence-electron chi connectivity index (χ3n) is 4.04. The van der Waals surface area contributed by atoms with Crippen LogP contribution in [-0.2, 0) is 0 Å². The first-order valence-electron chi connectivity index (χ1n) is 7.57. The smallest absolute Gasteiger partial charge is 0.261 e. The maximum atomic E-state index is 14.2. The Morgan fingerprint density at radius 3 is 2.32 bits per heavy atom. The molecule has 0 spiro atoms. The second-order valence-corrected chi connectivity index (χ2v) is 5.40. The molecule has 2 aromatic rings. The lowest BCUT2D eigenvalue weighted by Crippen LogP contribution is -2.34. The number of hydrogen-bond acceptors (Lipinski definition) is 4. The van der Waals surface area contributed by atoms with Gasteiger partial charge in [-0.2, -0.15) is 0 Å². The molecule has 1 aromatic carbocycles. The van der Waals surface area contributed by atoms with Gasteiger partial charge in [0.1, 0.15) is 12.1 Å². The molecule has 1 aliphatic rings. The molecule has 2 heterocycles. The molecular weight excluding hydrogens is 323 g/mol. The summed E-state index contributed by atoms with van der Waals surface area (Å²) in [4.78, 5) is 30.2. The van der Waals surface area contributed by atoms with Crippen molar-refractivity contribution in [2.24, 2.45) is 0 Å². The fourth-order valence-electron chi connectivity index (χ4n) is 2.83. The number of rotatable bonds is 6. The first kappa shape index (κ1) is 16.6. The van der Waals surface area contributed by atoms with Gasteiger partial charge in [0, 0.05) is 12.1 Å². The van der Waals surface area contributed by atoms with Gasteiger partial charge in [-0.25, -0.2) is 9.37 Å². The van der Waals surface area contributed by atoms with Crippen molar-refractivity contribution in [2.45, 2.75) is 5.92 Å². The molecule has 126 valence electrons. The zero-order chi connectivity index (χ0) is 18.0. The quantitative estimate of drug-likeness (QED) is 0.596. The number of imide groups is 1. The Balaban J connectivity index is 2.00. The number of allylic oxidation sites excluding steroid dienone is 3. The average molecular weight is 338 g/mol. The predicted octanol–water partition coefficient (Wildman–Crippen LogP) is 3.65. The summed E-state index contributed by atoms with van der Waals surface area (Å²) in [7, 11) is 0. The van der Waals surface area contributed by atoms with E-state index in [4.69, 9.17) is 4.42 Å². The molecule has 1 aromatic heterocycles. The molecule has 0 bridgehead atoms. The Morgan fingerprint density at radius 1 is 1.20 bits per heavy atom. The van der Waals surface area contributed by atoms with E-state index in [-0.39, 0.29) is 18.0 Å². The molecule has 5 nitrogen and oxygen atoms in total. The van der Waals surface area contributed by atoms with E-state index in [1.54, 1.807) is 24.3 Å². The van der Waals surface area contributed by atoms with Crippen LogP contribution in [0.3, 0.4) is 0 Å². The van der Waals surface area contributed by atoms with Crippen molar-refractivity contribution in [2.75, 3.05) is 6.54 Å². The van der Waals surface area contributed by atoms with Crippen LogP contribution in [0.4, 0.5) is 4.39 Å². The third-order valence-corrected chi connectivity index (χ3v) is 4.04. The predicted molar refractivity (Wildman–Crippen MR) is 89.6 cm³/mol. The van der Waals surface area contributed by atoms with Gasteiger partial charge in [0.15, 0.2) is 0 Å². The lowest BCUT2D eigenvalue weighted by Gasteiger charge is -2.21. The van der Waals surface area contributed by atoms with Gasteiger partial charge in [-0.3, -0.25) is 14.5 Å². The zero-order valence-electron chi connectivity index (χ0n) is 13.3. The molecule has 0 aliphatic carbocycles. The fourth-order valence-corrected chi connectivity index (χ4v) is 2.83. The highest BCUT2D eigenvalue weighted by atomic mass is 19.1. The van der Waals surface area contributed by atoms with Crippen molar-refractivity contribution < 1.29 is 18.4 Å². The molecule has 0 saturated carbocycles. The summed E-state index contributed by atoms with van der Waals surface area (Å²) in [5.74, 6) is -2.08. The van der Waals surface area contributed by atoms with Crippen LogP contribution in [0.2, 0.25) is 0 Å². The van der Waals surface area contributed by atoms with Crippen LogP contribution in [0.15, 0.2) is 77.9 Å². The summed E-state index contributed by atoms with van der Waals surface area (Å²) in [5, 5.41) is 0. The standard InChI is InChI=1S/C19H15FN2O3/c1-3-12(16(20)4-2)15(17-21-9-10-25-17)11-22-18(23)13-7-5-6-8-14(13)19(22)24/h3-10,15H,1-2,11H2/b16-12-. The van der Waals surface area contributed by atoms with Gasteiger partial charge in [0.2, 0.25) is 5.89 Å². The highest BCUT2D eigenvalue weighted by Crippen LogP contribution is 2.32. The number of halogens is 1. The van der Waals surface area contributed by atoms with Crippen molar-refractivity contribution in [3.63, 3.8) is 0 Å². The van der Waals surface area contributed by atoms with Gasteiger partial charge in [0.25, 0.3) is 11.8 Å². The molecule has 0 radical (unpaired) electrons. The van der Waals surface area contributed by atoms with Crippen LogP contribution in [0.25, 0.3) is 0 Å². The summed E-state index contributed by atoms with van der Waals surface area (Å²) in [6.07, 6.45) is 5.10. The van der Waals surface area contributed by atoms with Gasteiger partial charge in [-0.05, 0) is 18.2 Å². The number of fused-ring (bicyclic) bond motifs is 1. The Hall–Kier alpha value is -3.28. The van der Waals surface area contributed by atoms with Crippen molar-refractivity contribution in [1.29, 1.82) is 0 Å². The molecule has 3 rings (SSSR count). The summed E-state index contributed by atoms with van der Waals surface area (Å²) >= 11 is 0. The molecule has 6 heteroatoms. The van der Waals surface area contributed by atoms with Crippen LogP contribution in [0.1, 0.15) is 32.5 Å². The molecular formula is C19H15FN2O3. The van der Waals surface area contributed by atoms with Crippen molar-refractivity contribution in [3.8, 4) is 0 Å². The molecule has 2 amide bonds. The Kier molecular flexibility index (Phi) is 4.43. The van der Waals surface area contributed by atoms with Crippen LogP contribution in [0, 0.1) is 0 Å². The van der Waals surface area contributed by atoms with Crippen LogP contribution in [0.5, 0.6) is 0 Å². The van der Waals surface area contributed by atoms with Crippen molar-refractivity contribution >= 4 is 11.8 Å². The summed E-state index contributed by atoms with van der Waals surface area (Å²) in [6, 6.07) is 6.55. The van der Waals surface area contributed by atoms with E-state index >= 15 is 0 Å². The maximum absolute atomic E-state index is 14.2. The summed E-state index contributed by atoms with van der Waals surface area (Å²) in [5.41, 5.74) is 0.799. The number of benzene rings is 1. The molecule has 1 unspecified atom stereocenters. The molecule has 25 heavy (non-hydrogen) atoms. The highest BCUT2D eigenvalue weighted by Gasteiger charge is 2.38. The van der Waals surface area contributed by atoms with E-state index in [0.29, 0.717) is 11.1 Å². The molecule has 1 aliphatic heterocycles. The Labute approximate surface area is 143 Å². The van der Waals surface area contributed by atoms with Gasteiger partial charge in [-0.1, -0.05) is 31.4 Å². The van der Waals surface area contributed by atoms with Crippen molar-refractivity contribution in [1.82, 2.24) is 9.88 Å². The number of hydrogen-bond donors (Lipinski definition) is 0. The third kappa shape index (κ3) is 2.82. The van der Waals surface area contributed by atoms with Crippen molar-refractivity contribution in [3.05, 3.63) is 90.5 Å². The fraction of sp³-hybridized carbons (Fsp3) is 0.105. The summed E-state index contributed by atoms with van der Waals surface area (Å²) < 4.78 is 19.5. The topological polar surface area (TPSA) is 63.4 Å². The minimum absolute atomic E-state index is 0.116. The second kappa shape index (κ2) is 6.68. The number of oxazole rings is 1. The van der Waals surface area contributed by atoms with E-state index in [9.17, 15) is 14.0 Å². The minimum atomic E-state index is -0.785. The monoisotopic (exact) mass is 338 g/mol. The molecule has 0 N–H and O–H groups in total. The van der Waals surface area contributed by atoms with Gasteiger partial charge in [-0.15, -0.1) is 0 Å². The van der Waals surface area contributed by atoms with E-state index in [0.717, 1.165) is 11.0 Å². The lowest BCUT2D eigenvalue weighted by atomic mass is 9.97. The van der Waals surface area contributed by atoms with E-state index in [1.807, 2.05) is 0 Å². The number of carbonyl (C=O) groups is 2. The first-order valence-corrected chi connectivity index (χ1v) is 7.57. The SMILES string of the molecule is C=C/C(F)=C(\C=C)C(CN1C(=O)c2ccccc2C1=O)c1ncco1. The van der Waals surface area contributed by atoms with Gasteiger partial charge in [0.05, 0.1) is 23.2 Å². The molecule has 1 atom stereocenters. The van der Waals surface area contributed by atoms with Crippen LogP contribution in [-0.4, -0.2) is 28.2 Å². The number of aromatic nitrogens is 1. The molecule has 0 fully saturated rings. The second-order valence-electron chi connectivity index (χ2n) is 5.40. The van der Waals surface area contributed by atoms with Crippen LogP contribution < -0.4 is 0 Å². The normalized spacial score (nSPS) is 15.6. The summed E-state index contributed by atoms with van der Waals surface area (Å²) in [6.45, 7) is 6.90. The average Bonchev–Trinajstić information content (AvgIpc) is 3.24. The molecule has 0 saturated heterocycles. The minimum Gasteiger partial charge on any atom is -0.448 e. The van der Waals surface area contributed by atoms with E-state index in [2.05, 4.69) is 18.1 Å². The van der Waals surface area contributed by atoms with Gasteiger partial charge >= 0.3 is 0 Å². The van der Waals surface area contributed by atoms with E-state index in [1.165, 1.54) is 18.5 Å². The lowest BCUT2D eigenvalue weighted by molar-refractivity contribution is 0.0646. The maximum Gasteiger partial charge on any atom is 0.261 e. The van der Waals surface area contributed by atoms with Gasteiger partial charge < -0.3 is 4.42 Å². The number of nitrogens with zero attached hydrogens (tertiary/aromatic N) is 2. The largest absolute Gasteiger partial charge is 0.448 e. The highest BCUT2D eigenvalue weighted by molar-refractivity contribution is 6.21.